The van der Waals surface area contributed by atoms with Crippen LogP contribution >= 0.6 is 11.6 Å². The topological polar surface area (TPSA) is 121 Å². The van der Waals surface area contributed by atoms with Crippen LogP contribution in [0, 0.1) is 11.6 Å². The Morgan fingerprint density at radius 3 is 2.67 bits per heavy atom. The smallest absolute Gasteiger partial charge is 0.412 e. The number of likely N-dealkylation sites (N-methyl/N-ethyl adjacent to an activating group) is 1. The molecule has 0 saturated heterocycles. The van der Waals surface area contributed by atoms with Crippen molar-refractivity contribution >= 4 is 35.5 Å². The number of nitrogens with one attached hydrogen (secondary N) is 2. The molecule has 0 bridgehead atoms. The van der Waals surface area contributed by atoms with Crippen molar-refractivity contribution < 1.29 is 33.0 Å². The Labute approximate surface area is 193 Å². The van der Waals surface area contributed by atoms with Crippen LogP contribution in [-0.4, -0.2) is 52.8 Å². The van der Waals surface area contributed by atoms with E-state index in [1.165, 1.54) is 42.4 Å². The summed E-state index contributed by atoms with van der Waals surface area (Å²) in [6.07, 6.45) is 0.813. The van der Waals surface area contributed by atoms with Gasteiger partial charge in [-0.05, 0) is 31.0 Å². The number of urea groups is 1. The molecule has 1 aromatic carbocycles. The van der Waals surface area contributed by atoms with E-state index in [2.05, 4.69) is 15.6 Å². The third kappa shape index (κ3) is 8.53. The lowest BCUT2D eigenvalue weighted by Gasteiger charge is -2.28. The first-order valence-corrected chi connectivity index (χ1v) is 10.3. The van der Waals surface area contributed by atoms with E-state index in [1.807, 2.05) is 0 Å². The largest absolute Gasteiger partial charge is 0.481 e. The molecule has 9 nitrogen and oxygen atoms in total. The Balaban J connectivity index is 1.95. The fourth-order valence-corrected chi connectivity index (χ4v) is 2.90. The van der Waals surface area contributed by atoms with E-state index in [4.69, 9.17) is 21.4 Å². The molecular weight excluding hydrogens is 462 g/mol. The second kappa shape index (κ2) is 12.5. The van der Waals surface area contributed by atoms with E-state index in [0.717, 1.165) is 6.07 Å². The zero-order valence-electron chi connectivity index (χ0n) is 17.7. The van der Waals surface area contributed by atoms with Gasteiger partial charge in [0.25, 0.3) is 0 Å². The summed E-state index contributed by atoms with van der Waals surface area (Å²) in [7, 11) is 1.42. The number of nitrogens with zero attached hydrogens (tertiary/aromatic N) is 2. The number of aliphatic carboxylic acids is 1. The number of carbonyl (C=O) groups is 3. The van der Waals surface area contributed by atoms with Gasteiger partial charge in [-0.2, -0.15) is 0 Å². The number of amides is 3. The van der Waals surface area contributed by atoms with Gasteiger partial charge < -0.3 is 20.1 Å². The van der Waals surface area contributed by atoms with E-state index < -0.39 is 35.8 Å². The van der Waals surface area contributed by atoms with Crippen LogP contribution in [0.15, 0.2) is 36.5 Å². The van der Waals surface area contributed by atoms with Crippen LogP contribution in [0.3, 0.4) is 0 Å². The molecule has 33 heavy (non-hydrogen) atoms. The van der Waals surface area contributed by atoms with Crippen LogP contribution in [0.4, 0.5) is 24.2 Å². The maximum atomic E-state index is 13.8. The first kappa shape index (κ1) is 25.8. The van der Waals surface area contributed by atoms with E-state index >= 15 is 0 Å². The predicted octanol–water partition coefficient (Wildman–Crippen LogP) is 4.03. The van der Waals surface area contributed by atoms with Crippen LogP contribution in [0.25, 0.3) is 0 Å². The number of benzene rings is 1. The number of carbonyl (C=O) groups excluding carboxylic acids is 2. The number of rotatable bonds is 10. The molecule has 0 unspecified atom stereocenters. The minimum atomic E-state index is -1.06. The molecule has 0 saturated carbocycles. The second-order valence-electron chi connectivity index (χ2n) is 7.01. The molecule has 0 aliphatic rings. The lowest BCUT2D eigenvalue weighted by atomic mass is 10.1. The Bertz CT molecular complexity index is 978. The average molecular weight is 485 g/mol. The minimum Gasteiger partial charge on any atom is -0.481 e. The molecule has 0 aliphatic carbocycles. The van der Waals surface area contributed by atoms with E-state index in [0.29, 0.717) is 5.02 Å². The normalized spacial score (nSPS) is 11.4. The SMILES string of the molecule is CN(C(=O)NCc1cccc(F)c1F)[C@@H](CCCC(=O)O)COC(=O)Nc1ccc(Cl)cn1. The molecule has 1 atom stereocenters. The highest BCUT2D eigenvalue weighted by Gasteiger charge is 2.22. The van der Waals surface area contributed by atoms with Crippen LogP contribution in [0.2, 0.25) is 5.02 Å². The summed E-state index contributed by atoms with van der Waals surface area (Å²) in [6, 6.07) is 5.31. The Hall–Kier alpha value is -3.47. The van der Waals surface area contributed by atoms with Crippen molar-refractivity contribution in [3.63, 3.8) is 0 Å². The number of halogens is 3. The zero-order valence-corrected chi connectivity index (χ0v) is 18.4. The molecule has 0 aliphatic heterocycles. The molecule has 0 radical (unpaired) electrons. The van der Waals surface area contributed by atoms with Gasteiger partial charge in [-0.15, -0.1) is 0 Å². The van der Waals surface area contributed by atoms with Crippen molar-refractivity contribution in [2.24, 2.45) is 0 Å². The predicted molar refractivity (Wildman–Crippen MR) is 116 cm³/mol. The molecule has 0 spiro atoms. The van der Waals surface area contributed by atoms with Gasteiger partial charge >= 0.3 is 18.1 Å². The first-order valence-electron chi connectivity index (χ1n) is 9.88. The average Bonchev–Trinajstić information content (AvgIpc) is 2.77. The van der Waals surface area contributed by atoms with Crippen molar-refractivity contribution in [3.8, 4) is 0 Å². The number of carboxylic acid groups (broad SMARTS) is 1. The molecule has 1 heterocycles. The van der Waals surface area contributed by atoms with Crippen molar-refractivity contribution in [2.45, 2.75) is 31.8 Å². The van der Waals surface area contributed by atoms with Gasteiger partial charge in [0.05, 0.1) is 11.1 Å². The Kier molecular flexibility index (Phi) is 9.80. The van der Waals surface area contributed by atoms with Crippen molar-refractivity contribution in [2.75, 3.05) is 19.0 Å². The number of hydrogen-bond donors (Lipinski definition) is 3. The molecule has 2 aromatic rings. The number of anilines is 1. The van der Waals surface area contributed by atoms with E-state index in [9.17, 15) is 23.2 Å². The van der Waals surface area contributed by atoms with Crippen LogP contribution in [0.5, 0.6) is 0 Å². The maximum absolute atomic E-state index is 13.8. The van der Waals surface area contributed by atoms with Gasteiger partial charge in [-0.25, -0.2) is 23.4 Å². The molecule has 178 valence electrons. The highest BCUT2D eigenvalue weighted by molar-refractivity contribution is 6.30. The van der Waals surface area contributed by atoms with Crippen LogP contribution in [-0.2, 0) is 16.1 Å². The van der Waals surface area contributed by atoms with Crippen molar-refractivity contribution in [1.82, 2.24) is 15.2 Å². The molecule has 3 N–H and O–H groups in total. The third-order valence-corrected chi connectivity index (χ3v) is 4.85. The molecule has 12 heteroatoms. The van der Waals surface area contributed by atoms with Gasteiger partial charge in [-0.1, -0.05) is 23.7 Å². The Morgan fingerprint density at radius 1 is 1.24 bits per heavy atom. The third-order valence-electron chi connectivity index (χ3n) is 4.62. The fraction of sp³-hybridized carbons (Fsp3) is 0.333. The number of hydrogen-bond acceptors (Lipinski definition) is 5. The second-order valence-corrected chi connectivity index (χ2v) is 7.44. The summed E-state index contributed by atoms with van der Waals surface area (Å²) in [5.41, 5.74) is -0.0368. The summed E-state index contributed by atoms with van der Waals surface area (Å²) in [5.74, 6) is -2.89. The fourth-order valence-electron chi connectivity index (χ4n) is 2.79. The highest BCUT2D eigenvalue weighted by atomic mass is 35.5. The number of carboxylic acids is 1. The highest BCUT2D eigenvalue weighted by Crippen LogP contribution is 2.13. The molecule has 3 amide bonds. The van der Waals surface area contributed by atoms with E-state index in [1.54, 1.807) is 0 Å². The summed E-state index contributed by atoms with van der Waals surface area (Å²) in [5, 5.41) is 14.1. The van der Waals surface area contributed by atoms with Gasteiger partial charge in [0.1, 0.15) is 12.4 Å². The minimum absolute atomic E-state index is 0.0368. The zero-order chi connectivity index (χ0) is 24.4. The standard InChI is InChI=1S/C21H23ClF2N4O5/c1-28(20(31)26-10-13-4-2-6-16(23)19(13)24)15(5-3-7-18(29)30)12-33-21(32)27-17-9-8-14(22)11-25-17/h2,4,6,8-9,11,15H,3,5,7,10,12H2,1H3,(H,26,31)(H,29,30)(H,25,27,32)/t15-/m0/s1. The molecule has 1 aromatic heterocycles. The van der Waals surface area contributed by atoms with Crippen LogP contribution in [0.1, 0.15) is 24.8 Å². The number of pyridine rings is 1. The van der Waals surface area contributed by atoms with Crippen LogP contribution < -0.4 is 10.6 Å². The van der Waals surface area contributed by atoms with Gasteiger partial charge in [0.2, 0.25) is 0 Å². The molecule has 0 fully saturated rings. The molecule has 2 rings (SSSR count). The lowest BCUT2D eigenvalue weighted by molar-refractivity contribution is -0.137. The quantitative estimate of drug-likeness (QED) is 0.468. The van der Waals surface area contributed by atoms with Crippen molar-refractivity contribution in [3.05, 3.63) is 58.7 Å². The lowest BCUT2D eigenvalue weighted by Crippen LogP contribution is -2.46. The summed E-state index contributed by atoms with van der Waals surface area (Å²) in [4.78, 5) is 40.5. The number of ether oxygens (including phenoxy) is 1. The molecular formula is C21H23ClF2N4O5. The monoisotopic (exact) mass is 484 g/mol. The Morgan fingerprint density at radius 2 is 2.00 bits per heavy atom. The maximum Gasteiger partial charge on any atom is 0.412 e. The van der Waals surface area contributed by atoms with Gasteiger partial charge in [0, 0.05) is 31.8 Å². The van der Waals surface area contributed by atoms with Gasteiger partial charge in [0.15, 0.2) is 11.6 Å². The number of aromatic nitrogens is 1. The summed E-state index contributed by atoms with van der Waals surface area (Å²) >= 11 is 5.74. The van der Waals surface area contributed by atoms with Gasteiger partial charge in [-0.3, -0.25) is 10.1 Å². The van der Waals surface area contributed by atoms with Crippen molar-refractivity contribution in [1.29, 1.82) is 0 Å². The summed E-state index contributed by atoms with van der Waals surface area (Å²) < 4.78 is 32.3. The first-order chi connectivity index (χ1) is 15.7. The van der Waals surface area contributed by atoms with E-state index in [-0.39, 0.29) is 43.8 Å². The summed E-state index contributed by atoms with van der Waals surface area (Å²) in [6.45, 7) is -0.504.